The van der Waals surface area contributed by atoms with E-state index in [0.717, 1.165) is 23.5 Å². The molecule has 0 bridgehead atoms. The summed E-state index contributed by atoms with van der Waals surface area (Å²) < 4.78 is 0. The van der Waals surface area contributed by atoms with Gasteiger partial charge in [0, 0.05) is 39.5 Å². The Bertz CT molecular complexity index is 1940. The Balaban J connectivity index is 1.43. The monoisotopic (exact) mass is 598 g/mol. The van der Waals surface area contributed by atoms with Gasteiger partial charge in [-0.2, -0.15) is 0 Å². The fourth-order valence-electron chi connectivity index (χ4n) is 7.29. The Labute approximate surface area is 274 Å². The SMILES string of the molecule is CCC(C)(C)C1(C)c2cc(N(c3ccccc3)c3ccccc3)ccc2-c2ccc(N(c3ccccc3)c3ccccc3C)cc21. The van der Waals surface area contributed by atoms with Gasteiger partial charge in [0.1, 0.15) is 0 Å². The summed E-state index contributed by atoms with van der Waals surface area (Å²) in [4.78, 5) is 4.79. The number of benzene rings is 6. The molecule has 0 radical (unpaired) electrons. The van der Waals surface area contributed by atoms with Gasteiger partial charge in [-0.15, -0.1) is 0 Å². The largest absolute Gasteiger partial charge is 0.310 e. The first-order valence-electron chi connectivity index (χ1n) is 16.4. The van der Waals surface area contributed by atoms with Crippen molar-refractivity contribution in [2.24, 2.45) is 5.41 Å². The second kappa shape index (κ2) is 11.7. The normalized spacial score (nSPS) is 15.2. The number of nitrogens with zero attached hydrogens (tertiary/aromatic N) is 2. The van der Waals surface area contributed by atoms with E-state index in [2.05, 4.69) is 196 Å². The van der Waals surface area contributed by atoms with E-state index in [1.54, 1.807) is 0 Å². The van der Waals surface area contributed by atoms with Crippen molar-refractivity contribution < 1.29 is 0 Å². The minimum absolute atomic E-state index is 0.00515. The summed E-state index contributed by atoms with van der Waals surface area (Å²) in [7, 11) is 0. The molecule has 2 heteroatoms. The first-order valence-corrected chi connectivity index (χ1v) is 16.4. The van der Waals surface area contributed by atoms with Crippen LogP contribution in [0.3, 0.4) is 0 Å². The lowest BCUT2D eigenvalue weighted by Crippen LogP contribution is -2.38. The van der Waals surface area contributed by atoms with Crippen LogP contribution in [0.15, 0.2) is 152 Å². The van der Waals surface area contributed by atoms with Gasteiger partial charge in [-0.1, -0.05) is 113 Å². The van der Waals surface area contributed by atoms with Crippen LogP contribution in [-0.4, -0.2) is 0 Å². The van der Waals surface area contributed by atoms with Crippen LogP contribution in [-0.2, 0) is 5.41 Å². The van der Waals surface area contributed by atoms with Crippen molar-refractivity contribution in [3.05, 3.63) is 168 Å². The van der Waals surface area contributed by atoms with Crippen molar-refractivity contribution in [1.29, 1.82) is 0 Å². The summed E-state index contributed by atoms with van der Waals surface area (Å²) >= 11 is 0. The number of aryl methyl sites for hydroxylation is 1. The van der Waals surface area contributed by atoms with Gasteiger partial charge >= 0.3 is 0 Å². The summed E-state index contributed by atoms with van der Waals surface area (Å²) in [6, 6.07) is 55.1. The average Bonchev–Trinajstić information content (AvgIpc) is 3.36. The predicted molar refractivity (Wildman–Crippen MR) is 197 cm³/mol. The highest BCUT2D eigenvalue weighted by Gasteiger charge is 2.49. The van der Waals surface area contributed by atoms with E-state index in [-0.39, 0.29) is 10.8 Å². The molecule has 6 aromatic rings. The number of para-hydroxylation sites is 4. The van der Waals surface area contributed by atoms with Gasteiger partial charge in [-0.3, -0.25) is 0 Å². The molecule has 0 spiro atoms. The van der Waals surface area contributed by atoms with E-state index in [1.165, 1.54) is 44.9 Å². The second-order valence-electron chi connectivity index (χ2n) is 13.3. The van der Waals surface area contributed by atoms with Crippen LogP contribution in [0.25, 0.3) is 11.1 Å². The standard InChI is InChI=1S/C44H42N2/c1-6-43(3,4)44(5)40-30-36(45(33-19-10-7-11-20-33)34-21-12-8-13-22-34)26-28-38(40)39-29-27-37(31-41(39)44)46(35-23-14-9-15-24-35)42-25-17-16-18-32(42)2/h7-31H,6H2,1-5H3. The smallest absolute Gasteiger partial charge is 0.0490 e. The summed E-state index contributed by atoms with van der Waals surface area (Å²) in [5.74, 6) is 0. The summed E-state index contributed by atoms with van der Waals surface area (Å²) in [5.41, 5.74) is 13.5. The Kier molecular flexibility index (Phi) is 7.53. The number of hydrogen-bond donors (Lipinski definition) is 0. The lowest BCUT2D eigenvalue weighted by atomic mass is 9.60. The molecule has 1 atom stereocenters. The van der Waals surface area contributed by atoms with Crippen molar-refractivity contribution in [3.8, 4) is 11.1 Å². The lowest BCUT2D eigenvalue weighted by molar-refractivity contribution is 0.215. The molecule has 0 heterocycles. The van der Waals surface area contributed by atoms with E-state index in [0.29, 0.717) is 0 Å². The third kappa shape index (κ3) is 4.81. The zero-order valence-corrected chi connectivity index (χ0v) is 27.5. The predicted octanol–water partition coefficient (Wildman–Crippen LogP) is 12.7. The zero-order valence-electron chi connectivity index (χ0n) is 27.5. The fourth-order valence-corrected chi connectivity index (χ4v) is 7.29. The molecule has 0 saturated carbocycles. The molecule has 6 aromatic carbocycles. The highest BCUT2D eigenvalue weighted by atomic mass is 15.1. The van der Waals surface area contributed by atoms with Crippen molar-refractivity contribution in [3.63, 3.8) is 0 Å². The molecule has 0 amide bonds. The highest BCUT2D eigenvalue weighted by molar-refractivity contribution is 5.89. The number of hydrogen-bond acceptors (Lipinski definition) is 2. The number of anilines is 6. The van der Waals surface area contributed by atoms with Gasteiger partial charge in [0.15, 0.2) is 0 Å². The number of fused-ring (bicyclic) bond motifs is 3. The molecule has 0 saturated heterocycles. The van der Waals surface area contributed by atoms with Crippen LogP contribution in [0.1, 0.15) is 50.8 Å². The van der Waals surface area contributed by atoms with Crippen LogP contribution in [0.5, 0.6) is 0 Å². The molecule has 0 aliphatic heterocycles. The van der Waals surface area contributed by atoms with Crippen LogP contribution in [0, 0.1) is 12.3 Å². The molecule has 0 N–H and O–H groups in total. The highest BCUT2D eigenvalue weighted by Crippen LogP contribution is 2.60. The minimum atomic E-state index is -0.217. The van der Waals surface area contributed by atoms with Crippen LogP contribution >= 0.6 is 0 Å². The summed E-state index contributed by atoms with van der Waals surface area (Å²) in [6.07, 6.45) is 1.05. The quantitative estimate of drug-likeness (QED) is 0.172. The molecular weight excluding hydrogens is 556 g/mol. The Morgan fingerprint density at radius 3 is 1.37 bits per heavy atom. The first kappa shape index (κ1) is 29.6. The molecule has 228 valence electrons. The first-order chi connectivity index (χ1) is 22.3. The molecular formula is C44H42N2. The van der Waals surface area contributed by atoms with E-state index in [9.17, 15) is 0 Å². The summed E-state index contributed by atoms with van der Waals surface area (Å²) in [6.45, 7) is 11.9. The molecule has 1 aliphatic rings. The molecule has 1 aliphatic carbocycles. The van der Waals surface area contributed by atoms with Gasteiger partial charge in [-0.25, -0.2) is 0 Å². The Morgan fingerprint density at radius 1 is 0.500 bits per heavy atom. The zero-order chi connectivity index (χ0) is 31.9. The van der Waals surface area contributed by atoms with Crippen LogP contribution < -0.4 is 9.80 Å². The van der Waals surface area contributed by atoms with Crippen molar-refractivity contribution >= 4 is 34.1 Å². The maximum atomic E-state index is 2.48. The molecule has 7 rings (SSSR count). The van der Waals surface area contributed by atoms with E-state index in [1.807, 2.05) is 0 Å². The molecule has 2 nitrogen and oxygen atoms in total. The van der Waals surface area contributed by atoms with Crippen molar-refractivity contribution in [2.45, 2.75) is 46.5 Å². The maximum absolute atomic E-state index is 2.48. The van der Waals surface area contributed by atoms with E-state index < -0.39 is 0 Å². The fraction of sp³-hybridized carbons (Fsp3) is 0.182. The van der Waals surface area contributed by atoms with Gasteiger partial charge < -0.3 is 9.80 Å². The molecule has 0 aromatic heterocycles. The van der Waals surface area contributed by atoms with Crippen molar-refractivity contribution in [2.75, 3.05) is 9.80 Å². The minimum Gasteiger partial charge on any atom is -0.310 e. The van der Waals surface area contributed by atoms with Gasteiger partial charge in [0.05, 0.1) is 0 Å². The summed E-state index contributed by atoms with van der Waals surface area (Å²) in [5, 5.41) is 0. The van der Waals surface area contributed by atoms with Crippen LogP contribution in [0.2, 0.25) is 0 Å². The Hall–Kier alpha value is -5.08. The van der Waals surface area contributed by atoms with E-state index in [4.69, 9.17) is 0 Å². The third-order valence-electron chi connectivity index (χ3n) is 10.5. The van der Waals surface area contributed by atoms with Crippen LogP contribution in [0.4, 0.5) is 34.1 Å². The second-order valence-corrected chi connectivity index (χ2v) is 13.3. The lowest BCUT2D eigenvalue weighted by Gasteiger charge is -2.44. The average molecular weight is 599 g/mol. The van der Waals surface area contributed by atoms with E-state index >= 15 is 0 Å². The molecule has 0 fully saturated rings. The molecule has 1 unspecified atom stereocenters. The molecule has 46 heavy (non-hydrogen) atoms. The van der Waals surface area contributed by atoms with Gasteiger partial charge in [0.2, 0.25) is 0 Å². The Morgan fingerprint density at radius 2 is 0.913 bits per heavy atom. The third-order valence-corrected chi connectivity index (χ3v) is 10.5. The van der Waals surface area contributed by atoms with Gasteiger partial charge in [-0.05, 0) is 113 Å². The maximum Gasteiger partial charge on any atom is 0.0490 e. The topological polar surface area (TPSA) is 6.48 Å². The van der Waals surface area contributed by atoms with Crippen molar-refractivity contribution in [1.82, 2.24) is 0 Å². The van der Waals surface area contributed by atoms with Gasteiger partial charge in [0.25, 0.3) is 0 Å². The number of rotatable bonds is 8.